The van der Waals surface area contributed by atoms with Crippen LogP contribution in [0.25, 0.3) is 22.1 Å². The molecule has 0 saturated carbocycles. The monoisotopic (exact) mass is 314 g/mol. The van der Waals surface area contributed by atoms with Crippen LogP contribution in [0, 0.1) is 0 Å². The molecular formula is C16H10O7. The SMILES string of the molecule is O=c1c(-c2ccc(O)c(O)c2)coc2cc3c(c(O)c12)OCO3. The van der Waals surface area contributed by atoms with Gasteiger partial charge in [-0.15, -0.1) is 0 Å². The molecule has 1 aliphatic heterocycles. The van der Waals surface area contributed by atoms with E-state index < -0.39 is 5.43 Å². The number of ether oxygens (including phenoxy) is 2. The van der Waals surface area contributed by atoms with E-state index in [0.717, 1.165) is 0 Å². The first-order chi connectivity index (χ1) is 11.1. The van der Waals surface area contributed by atoms with Crippen LogP contribution in [0.15, 0.2) is 39.7 Å². The predicted molar refractivity (Wildman–Crippen MR) is 79.0 cm³/mol. The Balaban J connectivity index is 2.01. The van der Waals surface area contributed by atoms with Crippen molar-refractivity contribution in [2.75, 3.05) is 6.79 Å². The van der Waals surface area contributed by atoms with Gasteiger partial charge in [0, 0.05) is 6.07 Å². The van der Waals surface area contributed by atoms with E-state index in [0.29, 0.717) is 11.3 Å². The van der Waals surface area contributed by atoms with Gasteiger partial charge in [0.25, 0.3) is 0 Å². The minimum atomic E-state index is -0.493. The Kier molecular flexibility index (Phi) is 2.65. The molecular weight excluding hydrogens is 304 g/mol. The lowest BCUT2D eigenvalue weighted by molar-refractivity contribution is 0.171. The fourth-order valence-corrected chi connectivity index (χ4v) is 2.52. The number of aromatic hydroxyl groups is 3. The van der Waals surface area contributed by atoms with Gasteiger partial charge in [-0.25, -0.2) is 0 Å². The summed E-state index contributed by atoms with van der Waals surface area (Å²) in [5, 5.41) is 29.2. The summed E-state index contributed by atoms with van der Waals surface area (Å²) in [6.07, 6.45) is 1.22. The predicted octanol–water partition coefficient (Wildman–Crippen LogP) is 2.31. The number of hydrogen-bond donors (Lipinski definition) is 3. The van der Waals surface area contributed by atoms with Gasteiger partial charge in [0.15, 0.2) is 23.0 Å². The van der Waals surface area contributed by atoms with Crippen molar-refractivity contribution in [3.8, 4) is 39.9 Å². The van der Waals surface area contributed by atoms with Crippen molar-refractivity contribution in [2.45, 2.75) is 0 Å². The average Bonchev–Trinajstić information content (AvgIpc) is 2.99. The summed E-state index contributed by atoms with van der Waals surface area (Å²) in [5.41, 5.74) is 0.130. The van der Waals surface area contributed by atoms with Gasteiger partial charge in [-0.1, -0.05) is 6.07 Å². The lowest BCUT2D eigenvalue weighted by Crippen LogP contribution is -2.05. The highest BCUT2D eigenvalue weighted by molar-refractivity contribution is 5.91. The average molecular weight is 314 g/mol. The van der Waals surface area contributed by atoms with Gasteiger partial charge in [0.1, 0.15) is 17.2 Å². The Morgan fingerprint density at radius 1 is 1.00 bits per heavy atom. The van der Waals surface area contributed by atoms with Crippen molar-refractivity contribution < 1.29 is 29.2 Å². The molecule has 7 nitrogen and oxygen atoms in total. The molecule has 0 bridgehead atoms. The maximum atomic E-state index is 12.7. The molecule has 0 fully saturated rings. The first kappa shape index (κ1) is 13.3. The molecule has 7 heteroatoms. The zero-order valence-electron chi connectivity index (χ0n) is 11.6. The zero-order valence-corrected chi connectivity index (χ0v) is 11.6. The number of fused-ring (bicyclic) bond motifs is 2. The molecule has 0 unspecified atom stereocenters. The summed E-state index contributed by atoms with van der Waals surface area (Å²) in [6.45, 7) is -0.0495. The van der Waals surface area contributed by atoms with Crippen molar-refractivity contribution in [1.82, 2.24) is 0 Å². The van der Waals surface area contributed by atoms with E-state index in [1.54, 1.807) is 0 Å². The Morgan fingerprint density at radius 2 is 1.83 bits per heavy atom. The molecule has 3 aromatic rings. The van der Waals surface area contributed by atoms with Crippen molar-refractivity contribution in [2.24, 2.45) is 0 Å². The third-order valence-electron chi connectivity index (χ3n) is 3.66. The maximum Gasteiger partial charge on any atom is 0.231 e. The number of phenolic OH excluding ortho intramolecular Hbond substituents is 3. The smallest absolute Gasteiger partial charge is 0.231 e. The van der Waals surface area contributed by atoms with E-state index >= 15 is 0 Å². The summed E-state index contributed by atoms with van der Waals surface area (Å²) in [7, 11) is 0. The van der Waals surface area contributed by atoms with Crippen LogP contribution in [0.4, 0.5) is 0 Å². The van der Waals surface area contributed by atoms with E-state index in [1.165, 1.54) is 30.5 Å². The molecule has 0 spiro atoms. The number of benzene rings is 2. The van der Waals surface area contributed by atoms with Gasteiger partial charge in [-0.2, -0.15) is 0 Å². The van der Waals surface area contributed by atoms with Gasteiger partial charge >= 0.3 is 0 Å². The highest BCUT2D eigenvalue weighted by Gasteiger charge is 2.24. The summed E-state index contributed by atoms with van der Waals surface area (Å²) < 4.78 is 15.7. The fraction of sp³-hybridized carbons (Fsp3) is 0.0625. The van der Waals surface area contributed by atoms with Crippen LogP contribution in [0.1, 0.15) is 0 Å². The zero-order chi connectivity index (χ0) is 16.1. The quantitative estimate of drug-likeness (QED) is 0.591. The molecule has 0 saturated heterocycles. The summed E-state index contributed by atoms with van der Waals surface area (Å²) >= 11 is 0. The normalized spacial score (nSPS) is 12.7. The summed E-state index contributed by atoms with van der Waals surface area (Å²) in [6, 6.07) is 5.42. The molecule has 2 heterocycles. The van der Waals surface area contributed by atoms with E-state index in [4.69, 9.17) is 13.9 Å². The molecule has 0 radical (unpaired) electrons. The van der Waals surface area contributed by atoms with Gasteiger partial charge < -0.3 is 29.2 Å². The van der Waals surface area contributed by atoms with Crippen LogP contribution in [0.3, 0.4) is 0 Å². The minimum absolute atomic E-state index is 0.0423. The van der Waals surface area contributed by atoms with E-state index in [1.807, 2.05) is 0 Å². The fourth-order valence-electron chi connectivity index (χ4n) is 2.52. The number of rotatable bonds is 1. The maximum absolute atomic E-state index is 12.7. The highest BCUT2D eigenvalue weighted by atomic mass is 16.7. The third kappa shape index (κ3) is 1.87. The van der Waals surface area contributed by atoms with Crippen LogP contribution in [0.5, 0.6) is 28.7 Å². The van der Waals surface area contributed by atoms with Crippen molar-refractivity contribution in [3.05, 3.63) is 40.8 Å². The van der Waals surface area contributed by atoms with Crippen LogP contribution in [-0.4, -0.2) is 22.1 Å². The number of hydrogen-bond acceptors (Lipinski definition) is 7. The molecule has 1 aromatic heterocycles. The summed E-state index contributed by atoms with van der Waals surface area (Å²) in [5.74, 6) is -0.626. The van der Waals surface area contributed by atoms with Crippen molar-refractivity contribution in [1.29, 1.82) is 0 Å². The first-order valence-corrected chi connectivity index (χ1v) is 6.65. The molecule has 23 heavy (non-hydrogen) atoms. The van der Waals surface area contributed by atoms with Crippen LogP contribution >= 0.6 is 0 Å². The second kappa shape index (κ2) is 4.57. The molecule has 0 aliphatic carbocycles. The van der Waals surface area contributed by atoms with Crippen molar-refractivity contribution >= 4 is 11.0 Å². The second-order valence-electron chi connectivity index (χ2n) is 5.01. The Hall–Kier alpha value is -3.35. The first-order valence-electron chi connectivity index (χ1n) is 6.65. The molecule has 116 valence electrons. The summed E-state index contributed by atoms with van der Waals surface area (Å²) in [4.78, 5) is 12.7. The van der Waals surface area contributed by atoms with Crippen LogP contribution in [0.2, 0.25) is 0 Å². The van der Waals surface area contributed by atoms with E-state index in [2.05, 4.69) is 0 Å². The largest absolute Gasteiger partial charge is 0.504 e. The van der Waals surface area contributed by atoms with Crippen LogP contribution in [-0.2, 0) is 0 Å². The Labute approximate surface area is 128 Å². The van der Waals surface area contributed by atoms with E-state index in [-0.39, 0.29) is 46.3 Å². The Morgan fingerprint density at radius 3 is 2.61 bits per heavy atom. The van der Waals surface area contributed by atoms with Crippen LogP contribution < -0.4 is 14.9 Å². The standard InChI is InChI=1S/C16H10O7/c17-9-2-1-7(3-10(9)18)8-5-21-11-4-12-16(23-6-22-12)15(20)13(11)14(8)19/h1-5,17-18,20H,6H2. The Bertz CT molecular complexity index is 1000. The number of phenols is 3. The molecule has 1 aliphatic rings. The molecule has 4 rings (SSSR count). The van der Waals surface area contributed by atoms with Gasteiger partial charge in [-0.05, 0) is 17.7 Å². The van der Waals surface area contributed by atoms with Gasteiger partial charge in [0.05, 0.1) is 5.56 Å². The van der Waals surface area contributed by atoms with E-state index in [9.17, 15) is 20.1 Å². The molecule has 0 amide bonds. The highest BCUT2D eigenvalue weighted by Crippen LogP contribution is 2.44. The third-order valence-corrected chi connectivity index (χ3v) is 3.66. The minimum Gasteiger partial charge on any atom is -0.504 e. The molecule has 0 atom stereocenters. The van der Waals surface area contributed by atoms with Crippen molar-refractivity contribution in [3.63, 3.8) is 0 Å². The second-order valence-corrected chi connectivity index (χ2v) is 5.01. The lowest BCUT2D eigenvalue weighted by atomic mass is 10.0. The molecule has 2 aromatic carbocycles. The van der Waals surface area contributed by atoms with Gasteiger partial charge in [0.2, 0.25) is 18.0 Å². The lowest BCUT2D eigenvalue weighted by Gasteiger charge is -2.07. The topological polar surface area (TPSA) is 109 Å². The van der Waals surface area contributed by atoms with Gasteiger partial charge in [-0.3, -0.25) is 4.79 Å². The molecule has 3 N–H and O–H groups in total.